The molecular formula is C30H36ClFN6O. The lowest BCUT2D eigenvalue weighted by atomic mass is 9.95. The van der Waals surface area contributed by atoms with Crippen LogP contribution in [0, 0.1) is 5.82 Å². The largest absolute Gasteiger partial charge is 0.400 e. The van der Waals surface area contributed by atoms with E-state index in [1.165, 1.54) is 42.5 Å². The second-order valence-corrected chi connectivity index (χ2v) is 10.6. The van der Waals surface area contributed by atoms with Crippen LogP contribution in [0.5, 0.6) is 0 Å². The van der Waals surface area contributed by atoms with E-state index in [2.05, 4.69) is 55.5 Å². The summed E-state index contributed by atoms with van der Waals surface area (Å²) in [6.07, 6.45) is 10.2. The van der Waals surface area contributed by atoms with Crippen LogP contribution in [-0.2, 0) is 6.54 Å². The highest BCUT2D eigenvalue weighted by Gasteiger charge is 2.21. The minimum Gasteiger partial charge on any atom is -0.400 e. The summed E-state index contributed by atoms with van der Waals surface area (Å²) in [4.78, 5) is 12.0. The minimum absolute atomic E-state index is 0.330. The number of aromatic nitrogens is 3. The van der Waals surface area contributed by atoms with E-state index in [-0.39, 0.29) is 0 Å². The highest BCUT2D eigenvalue weighted by molar-refractivity contribution is 6.30. The number of benzene rings is 2. The van der Waals surface area contributed by atoms with Crippen LogP contribution >= 0.6 is 11.6 Å². The van der Waals surface area contributed by atoms with Gasteiger partial charge in [-0.25, -0.2) is 9.37 Å². The van der Waals surface area contributed by atoms with Gasteiger partial charge in [0.1, 0.15) is 11.5 Å². The summed E-state index contributed by atoms with van der Waals surface area (Å²) in [6, 6.07) is 13.7. The van der Waals surface area contributed by atoms with E-state index in [4.69, 9.17) is 21.7 Å². The highest BCUT2D eigenvalue weighted by atomic mass is 35.5. The number of fused-ring (bicyclic) bond motifs is 1. The van der Waals surface area contributed by atoms with Gasteiger partial charge in [0.25, 0.3) is 0 Å². The number of rotatable bonds is 6. The van der Waals surface area contributed by atoms with Gasteiger partial charge in [-0.2, -0.15) is 4.98 Å². The standard InChI is InChI=1S/C29H32ClFN6.CH4O/c30-22-14-23(31)16-24(15-22)34-29-33-17-26-27(19-37(28(26)35-29)25-4-2-1-3-5-25)21-8-6-20(7-9-21)18-36-12-10-32-11-13-36;1-2/h6-9,14-17,19,25,32H,1-5,10-13,18H2,(H,33,34,35);2H,1H3. The van der Waals surface area contributed by atoms with Crippen molar-refractivity contribution >= 4 is 34.3 Å². The Hall–Kier alpha value is -3.04. The molecule has 2 fully saturated rings. The zero-order valence-electron chi connectivity index (χ0n) is 22.3. The maximum absolute atomic E-state index is 13.9. The van der Waals surface area contributed by atoms with E-state index >= 15 is 0 Å². The first kappa shape index (κ1) is 27.5. The number of anilines is 2. The summed E-state index contributed by atoms with van der Waals surface area (Å²) in [5, 5.41) is 14.9. The van der Waals surface area contributed by atoms with Gasteiger partial charge >= 0.3 is 0 Å². The minimum atomic E-state index is -0.399. The van der Waals surface area contributed by atoms with Gasteiger partial charge in [-0.15, -0.1) is 0 Å². The van der Waals surface area contributed by atoms with Crippen molar-refractivity contribution in [2.45, 2.75) is 44.7 Å². The molecule has 1 aliphatic heterocycles. The predicted octanol–water partition coefficient (Wildman–Crippen LogP) is 6.15. The Morgan fingerprint density at radius 1 is 1.05 bits per heavy atom. The van der Waals surface area contributed by atoms with Crippen molar-refractivity contribution in [1.29, 1.82) is 0 Å². The zero-order chi connectivity index (χ0) is 27.2. The third-order valence-electron chi connectivity index (χ3n) is 7.54. The highest BCUT2D eigenvalue weighted by Crippen LogP contribution is 2.37. The molecule has 3 N–H and O–H groups in total. The Bertz CT molecular complexity index is 1360. The van der Waals surface area contributed by atoms with Gasteiger partial charge in [0.05, 0.1) is 0 Å². The molecule has 0 amide bonds. The fraction of sp³-hybridized carbons (Fsp3) is 0.400. The van der Waals surface area contributed by atoms with Crippen molar-refractivity contribution in [3.63, 3.8) is 0 Å². The zero-order valence-corrected chi connectivity index (χ0v) is 23.1. The molecule has 3 heterocycles. The third kappa shape index (κ3) is 6.58. The maximum atomic E-state index is 13.9. The molecule has 1 saturated carbocycles. The van der Waals surface area contributed by atoms with Crippen molar-refractivity contribution in [3.05, 3.63) is 71.3 Å². The molecule has 4 aromatic rings. The first-order valence-electron chi connectivity index (χ1n) is 13.7. The van der Waals surface area contributed by atoms with Gasteiger partial charge in [0, 0.05) is 79.9 Å². The van der Waals surface area contributed by atoms with Crippen LogP contribution in [0.3, 0.4) is 0 Å². The van der Waals surface area contributed by atoms with Crippen LogP contribution in [0.25, 0.3) is 22.2 Å². The Labute approximate surface area is 234 Å². The summed E-state index contributed by atoms with van der Waals surface area (Å²) >= 11 is 6.04. The molecule has 0 spiro atoms. The summed E-state index contributed by atoms with van der Waals surface area (Å²) in [5.41, 5.74) is 5.09. The average molecular weight is 551 g/mol. The van der Waals surface area contributed by atoms with Crippen molar-refractivity contribution < 1.29 is 9.50 Å². The number of hydrogen-bond donors (Lipinski definition) is 3. The lowest BCUT2D eigenvalue weighted by molar-refractivity contribution is 0.233. The first-order chi connectivity index (χ1) is 19.1. The molecule has 2 aromatic carbocycles. The van der Waals surface area contributed by atoms with Crippen molar-refractivity contribution in [3.8, 4) is 11.1 Å². The van der Waals surface area contributed by atoms with Crippen LogP contribution in [0.2, 0.25) is 5.02 Å². The molecule has 2 aliphatic rings. The van der Waals surface area contributed by atoms with Crippen LogP contribution in [0.1, 0.15) is 43.7 Å². The Kier molecular flexibility index (Phi) is 9.09. The summed E-state index contributed by atoms with van der Waals surface area (Å²) < 4.78 is 16.2. The molecule has 2 aromatic heterocycles. The molecule has 0 unspecified atom stereocenters. The van der Waals surface area contributed by atoms with Crippen LogP contribution in [0.15, 0.2) is 54.9 Å². The lowest BCUT2D eigenvalue weighted by Gasteiger charge is -2.27. The smallest absolute Gasteiger partial charge is 0.229 e. The van der Waals surface area contributed by atoms with Crippen molar-refractivity contribution in [2.24, 2.45) is 0 Å². The number of aliphatic hydroxyl groups excluding tert-OH is 1. The number of hydrogen-bond acceptors (Lipinski definition) is 6. The third-order valence-corrected chi connectivity index (χ3v) is 7.76. The van der Waals surface area contributed by atoms with E-state index in [9.17, 15) is 4.39 Å². The Morgan fingerprint density at radius 3 is 2.51 bits per heavy atom. The monoisotopic (exact) mass is 550 g/mol. The second kappa shape index (κ2) is 12.9. The SMILES string of the molecule is CO.Fc1cc(Cl)cc(Nc2ncc3c(-c4ccc(CN5CCNCC5)cc4)cn(C4CCCCC4)c3n2)c1. The van der Waals surface area contributed by atoms with Gasteiger partial charge in [0.2, 0.25) is 5.95 Å². The maximum Gasteiger partial charge on any atom is 0.229 e. The molecule has 1 saturated heterocycles. The molecule has 0 atom stereocenters. The molecular weight excluding hydrogens is 515 g/mol. The van der Waals surface area contributed by atoms with Gasteiger partial charge in [-0.3, -0.25) is 4.90 Å². The number of piperazine rings is 1. The van der Waals surface area contributed by atoms with Crippen LogP contribution < -0.4 is 10.6 Å². The molecule has 9 heteroatoms. The predicted molar refractivity (Wildman–Crippen MR) is 156 cm³/mol. The topological polar surface area (TPSA) is 78.2 Å². The number of nitrogens with zero attached hydrogens (tertiary/aromatic N) is 4. The summed E-state index contributed by atoms with van der Waals surface area (Å²) in [6.45, 7) is 5.27. The van der Waals surface area contributed by atoms with E-state index in [0.717, 1.165) is 69.3 Å². The summed E-state index contributed by atoms with van der Waals surface area (Å²) in [7, 11) is 1.00. The van der Waals surface area contributed by atoms with Crippen molar-refractivity contribution in [2.75, 3.05) is 38.6 Å². The normalized spacial score (nSPS) is 16.6. The van der Waals surface area contributed by atoms with E-state index in [1.807, 2.05) is 6.20 Å². The first-order valence-corrected chi connectivity index (χ1v) is 14.1. The fourth-order valence-electron chi connectivity index (χ4n) is 5.63. The average Bonchev–Trinajstić information content (AvgIpc) is 3.34. The summed E-state index contributed by atoms with van der Waals surface area (Å²) in [5.74, 6) is 0.0339. The van der Waals surface area contributed by atoms with Gasteiger partial charge in [-0.1, -0.05) is 55.1 Å². The second-order valence-electron chi connectivity index (χ2n) is 10.2. The lowest BCUT2D eigenvalue weighted by Crippen LogP contribution is -2.42. The number of aliphatic hydroxyl groups is 1. The van der Waals surface area contributed by atoms with E-state index in [0.29, 0.717) is 22.7 Å². The molecule has 6 rings (SSSR count). The number of halogens is 2. The molecule has 1 aliphatic carbocycles. The van der Waals surface area contributed by atoms with Gasteiger partial charge in [-0.05, 0) is 42.2 Å². The van der Waals surface area contributed by atoms with Gasteiger partial charge < -0.3 is 20.3 Å². The van der Waals surface area contributed by atoms with E-state index in [1.54, 1.807) is 6.07 Å². The van der Waals surface area contributed by atoms with Crippen LogP contribution in [0.4, 0.5) is 16.0 Å². The van der Waals surface area contributed by atoms with E-state index < -0.39 is 5.82 Å². The fourth-order valence-corrected chi connectivity index (χ4v) is 5.85. The molecule has 7 nitrogen and oxygen atoms in total. The molecule has 0 bridgehead atoms. The molecule has 39 heavy (non-hydrogen) atoms. The van der Waals surface area contributed by atoms with Crippen molar-refractivity contribution in [1.82, 2.24) is 24.8 Å². The molecule has 0 radical (unpaired) electrons. The van der Waals surface area contributed by atoms with Crippen LogP contribution in [-0.4, -0.2) is 57.8 Å². The quantitative estimate of drug-likeness (QED) is 0.267. The van der Waals surface area contributed by atoms with Gasteiger partial charge in [0.15, 0.2) is 0 Å². The Balaban J connectivity index is 0.00000151. The molecule has 206 valence electrons. The number of nitrogens with one attached hydrogen (secondary N) is 2. The Morgan fingerprint density at radius 2 is 1.79 bits per heavy atom.